The lowest BCUT2D eigenvalue weighted by atomic mass is 9.92. The predicted octanol–water partition coefficient (Wildman–Crippen LogP) is 15.3. The van der Waals surface area contributed by atoms with Crippen LogP contribution in [0.25, 0.3) is 117 Å². The first-order valence-electron chi connectivity index (χ1n) is 18.9. The van der Waals surface area contributed by atoms with Gasteiger partial charge < -0.3 is 0 Å². The summed E-state index contributed by atoms with van der Waals surface area (Å²) in [6.45, 7) is 0. The van der Waals surface area contributed by atoms with Crippen molar-refractivity contribution in [2.45, 2.75) is 0 Å². The van der Waals surface area contributed by atoms with E-state index in [0.717, 1.165) is 21.8 Å². The van der Waals surface area contributed by atoms with Crippen LogP contribution in [0.2, 0.25) is 0 Å². The summed E-state index contributed by atoms with van der Waals surface area (Å²) in [5.41, 5.74) is 11.5. The number of hydrogen-bond donors (Lipinski definition) is 0. The Labute approximate surface area is 330 Å². The highest BCUT2D eigenvalue weighted by Gasteiger charge is 2.15. The second-order valence-corrected chi connectivity index (χ2v) is 16.7. The summed E-state index contributed by atoms with van der Waals surface area (Å²) in [5.74, 6) is 0. The molecule has 3 aromatic heterocycles. The maximum absolute atomic E-state index is 4.86. The number of rotatable bonds is 4. The van der Waals surface area contributed by atoms with Crippen LogP contribution < -0.4 is 0 Å². The number of benzene rings is 9. The number of hydrogen-bond acceptors (Lipinski definition) is 4. The highest BCUT2D eigenvalue weighted by Crippen LogP contribution is 2.41. The van der Waals surface area contributed by atoms with Crippen LogP contribution in [0.4, 0.5) is 0 Å². The topological polar surface area (TPSA) is 25.8 Å². The number of nitrogens with zero attached hydrogens (tertiary/aromatic N) is 2. The van der Waals surface area contributed by atoms with E-state index in [0.29, 0.717) is 0 Å². The minimum absolute atomic E-state index is 0.928. The number of thiophene rings is 2. The number of aromatic nitrogens is 2. The third kappa shape index (κ3) is 5.00. The van der Waals surface area contributed by atoms with Gasteiger partial charge in [0.25, 0.3) is 0 Å². The Kier molecular flexibility index (Phi) is 7.00. The lowest BCUT2D eigenvalue weighted by molar-refractivity contribution is 1.31. The summed E-state index contributed by atoms with van der Waals surface area (Å²) in [6, 6.07) is 62.7. The van der Waals surface area contributed by atoms with Gasteiger partial charge in [-0.3, -0.25) is 9.97 Å². The molecule has 12 rings (SSSR count). The van der Waals surface area contributed by atoms with Gasteiger partial charge in [-0.15, -0.1) is 22.7 Å². The lowest BCUT2D eigenvalue weighted by Gasteiger charge is -2.13. The van der Waals surface area contributed by atoms with Gasteiger partial charge in [-0.1, -0.05) is 109 Å². The minimum Gasteiger partial charge on any atom is -0.252 e. The molecule has 0 saturated heterocycles. The van der Waals surface area contributed by atoms with Gasteiger partial charge in [-0.05, 0) is 116 Å². The molecule has 0 atom stereocenters. The highest BCUT2D eigenvalue weighted by molar-refractivity contribution is 7.26. The summed E-state index contributed by atoms with van der Waals surface area (Å²) >= 11 is 3.72. The zero-order valence-electron chi connectivity index (χ0n) is 30.0. The molecule has 0 amide bonds. The molecule has 0 spiro atoms. The summed E-state index contributed by atoms with van der Waals surface area (Å²) in [6.07, 6.45) is 3.60. The minimum atomic E-state index is 0.928. The van der Waals surface area contributed by atoms with E-state index in [2.05, 4.69) is 170 Å². The molecule has 9 aromatic carbocycles. The Balaban J connectivity index is 0.986. The van der Waals surface area contributed by atoms with Crippen molar-refractivity contribution in [2.75, 3.05) is 0 Å². The molecule has 0 saturated carbocycles. The molecule has 0 unspecified atom stereocenters. The van der Waals surface area contributed by atoms with Crippen LogP contribution in [0.5, 0.6) is 0 Å². The van der Waals surface area contributed by atoms with Crippen LogP contribution in [0.3, 0.4) is 0 Å². The number of fused-ring (bicyclic) bond motifs is 12. The Morgan fingerprint density at radius 2 is 0.607 bits per heavy atom. The predicted molar refractivity (Wildman–Crippen MR) is 242 cm³/mol. The van der Waals surface area contributed by atoms with E-state index in [1.54, 1.807) is 12.4 Å². The Morgan fingerprint density at radius 1 is 0.250 bits per heavy atom. The van der Waals surface area contributed by atoms with Crippen LogP contribution >= 0.6 is 22.7 Å². The molecule has 0 bridgehead atoms. The molecule has 0 N–H and O–H groups in total. The molecular weight excluding hydrogens is 717 g/mol. The van der Waals surface area contributed by atoms with E-state index in [1.165, 1.54) is 95.6 Å². The molecule has 2 nitrogen and oxygen atoms in total. The lowest BCUT2D eigenvalue weighted by Crippen LogP contribution is -1.90. The third-order valence-corrected chi connectivity index (χ3v) is 13.7. The molecule has 0 radical (unpaired) electrons. The van der Waals surface area contributed by atoms with Gasteiger partial charge in [0, 0.05) is 63.5 Å². The largest absolute Gasteiger partial charge is 0.252 e. The first-order valence-corrected chi connectivity index (χ1v) is 20.5. The monoisotopic (exact) mass is 746 g/mol. The van der Waals surface area contributed by atoms with Crippen molar-refractivity contribution in [1.29, 1.82) is 0 Å². The van der Waals surface area contributed by atoms with E-state index in [9.17, 15) is 0 Å². The summed E-state index contributed by atoms with van der Waals surface area (Å²) in [5, 5.41) is 9.85. The first kappa shape index (κ1) is 31.6. The van der Waals surface area contributed by atoms with Gasteiger partial charge in [0.05, 0.1) is 11.0 Å². The van der Waals surface area contributed by atoms with Crippen molar-refractivity contribution in [2.24, 2.45) is 0 Å². The van der Waals surface area contributed by atoms with Crippen LogP contribution in [-0.4, -0.2) is 9.97 Å². The van der Waals surface area contributed by atoms with Crippen LogP contribution in [0.15, 0.2) is 182 Å². The van der Waals surface area contributed by atoms with Crippen LogP contribution in [0, 0.1) is 0 Å². The smallest absolute Gasteiger partial charge is 0.0971 e. The molecule has 0 fully saturated rings. The van der Waals surface area contributed by atoms with E-state index in [4.69, 9.17) is 9.97 Å². The molecule has 260 valence electrons. The van der Waals surface area contributed by atoms with E-state index < -0.39 is 0 Å². The highest BCUT2D eigenvalue weighted by atomic mass is 32.1. The average molecular weight is 747 g/mol. The molecule has 0 aliphatic carbocycles. The third-order valence-electron chi connectivity index (χ3n) is 11.3. The zero-order valence-corrected chi connectivity index (χ0v) is 31.7. The standard InChI is InChI=1S/C52H30N2S2/c1-3-13-47-39(11-1)45-29-37(17-21-49(45)55-47)33-9-5-7-31(25-33)35-15-19-41-43(27-35)44-28-36(16-20-42(44)52-51(41)53-23-24-54-52)32-8-6-10-34(26-32)38-18-22-50-46(30-38)40-12-2-4-14-48(40)56-50/h1-30H. The fraction of sp³-hybridized carbons (Fsp3) is 0. The average Bonchev–Trinajstić information content (AvgIpc) is 3.84. The van der Waals surface area contributed by atoms with Crippen molar-refractivity contribution >= 4 is 95.6 Å². The van der Waals surface area contributed by atoms with Gasteiger partial charge in [0.1, 0.15) is 0 Å². The van der Waals surface area contributed by atoms with Gasteiger partial charge in [0.15, 0.2) is 0 Å². The Morgan fingerprint density at radius 3 is 1.05 bits per heavy atom. The van der Waals surface area contributed by atoms with Gasteiger partial charge in [0.2, 0.25) is 0 Å². The molecule has 4 heteroatoms. The maximum Gasteiger partial charge on any atom is 0.0971 e. The van der Waals surface area contributed by atoms with Gasteiger partial charge in [-0.25, -0.2) is 0 Å². The van der Waals surface area contributed by atoms with E-state index in [-0.39, 0.29) is 0 Å². The van der Waals surface area contributed by atoms with Crippen molar-refractivity contribution in [1.82, 2.24) is 9.97 Å². The van der Waals surface area contributed by atoms with Crippen LogP contribution in [-0.2, 0) is 0 Å². The normalized spacial score (nSPS) is 11.9. The van der Waals surface area contributed by atoms with E-state index in [1.807, 2.05) is 22.7 Å². The molecule has 12 aromatic rings. The van der Waals surface area contributed by atoms with Gasteiger partial charge in [-0.2, -0.15) is 0 Å². The van der Waals surface area contributed by atoms with Crippen molar-refractivity contribution in [3.63, 3.8) is 0 Å². The van der Waals surface area contributed by atoms with Crippen LogP contribution in [0.1, 0.15) is 0 Å². The zero-order chi connectivity index (χ0) is 36.7. The first-order chi connectivity index (χ1) is 27.7. The second kappa shape index (κ2) is 12.4. The molecule has 56 heavy (non-hydrogen) atoms. The fourth-order valence-electron chi connectivity index (χ4n) is 8.61. The van der Waals surface area contributed by atoms with Crippen molar-refractivity contribution < 1.29 is 0 Å². The summed E-state index contributed by atoms with van der Waals surface area (Å²) < 4.78 is 5.30. The molecule has 3 heterocycles. The maximum atomic E-state index is 4.86. The van der Waals surface area contributed by atoms with E-state index >= 15 is 0 Å². The molecule has 0 aliphatic heterocycles. The molecular formula is C52H30N2S2. The summed E-state index contributed by atoms with van der Waals surface area (Å²) in [7, 11) is 0. The summed E-state index contributed by atoms with van der Waals surface area (Å²) in [4.78, 5) is 9.72. The molecule has 0 aliphatic rings. The SMILES string of the molecule is c1cc(-c2ccc3sc4ccccc4c3c2)cc(-c2ccc3c(c2)c2cc(-c4cccc(-c5ccc6sc7ccccc7c6c5)c4)ccc2c2nccnc32)c1. The second-order valence-electron chi connectivity index (χ2n) is 14.6. The fourth-order valence-corrected chi connectivity index (χ4v) is 10.8. The van der Waals surface area contributed by atoms with Crippen molar-refractivity contribution in [3.05, 3.63) is 182 Å². The Hall–Kier alpha value is -6.72. The quantitative estimate of drug-likeness (QED) is 0.168. The van der Waals surface area contributed by atoms with Gasteiger partial charge >= 0.3 is 0 Å². The van der Waals surface area contributed by atoms with Crippen molar-refractivity contribution in [3.8, 4) is 44.5 Å². The Bertz CT molecular complexity index is 3320.